The number of carbonyl (C=O) groups is 2. The van der Waals surface area contributed by atoms with Gasteiger partial charge in [-0.15, -0.1) is 0 Å². The number of hydrogen-bond donors (Lipinski definition) is 2. The van der Waals surface area contributed by atoms with Crippen molar-refractivity contribution in [1.29, 1.82) is 0 Å². The molecule has 0 radical (unpaired) electrons. The van der Waals surface area contributed by atoms with Crippen molar-refractivity contribution in [2.24, 2.45) is 0 Å². The molecule has 7 heteroatoms. The average molecular weight is 457 g/mol. The van der Waals surface area contributed by atoms with E-state index in [0.29, 0.717) is 12.8 Å². The van der Waals surface area contributed by atoms with Crippen LogP contribution in [0.3, 0.4) is 0 Å². The lowest BCUT2D eigenvalue weighted by atomic mass is 10.0. The molecule has 5 nitrogen and oxygen atoms in total. The molecule has 0 heterocycles. The fourth-order valence-corrected chi connectivity index (χ4v) is 5.29. The number of carbonyl (C=O) groups excluding carboxylic acids is 2. The molecule has 1 amide bonds. The lowest BCUT2D eigenvalue weighted by Crippen LogP contribution is -2.58. The van der Waals surface area contributed by atoms with Crippen molar-refractivity contribution in [2.45, 2.75) is 64.2 Å². The van der Waals surface area contributed by atoms with Crippen LogP contribution >= 0.6 is 0 Å². The van der Waals surface area contributed by atoms with Crippen molar-refractivity contribution < 1.29 is 14.0 Å². The van der Waals surface area contributed by atoms with Crippen molar-refractivity contribution >= 4 is 28.4 Å². The monoisotopic (exact) mass is 456 g/mol. The topological polar surface area (TPSA) is 67.4 Å². The van der Waals surface area contributed by atoms with Crippen molar-refractivity contribution in [3.8, 4) is 0 Å². The van der Waals surface area contributed by atoms with E-state index in [0.717, 1.165) is 11.1 Å². The van der Waals surface area contributed by atoms with E-state index in [1.165, 1.54) is 0 Å². The van der Waals surface area contributed by atoms with Crippen molar-refractivity contribution in [3.63, 3.8) is 0 Å². The first-order valence-electron chi connectivity index (χ1n) is 10.8. The molecule has 0 aliphatic heterocycles. The number of amides is 1. The minimum Gasteiger partial charge on any atom is -0.518 e. The maximum absolute atomic E-state index is 13.3. The molecule has 2 rings (SSSR count). The first-order chi connectivity index (χ1) is 14.4. The number of rotatable bonds is 10. The summed E-state index contributed by atoms with van der Waals surface area (Å²) in [5.41, 5.74) is 2.07. The van der Waals surface area contributed by atoms with Gasteiger partial charge in [0.25, 0.3) is 0 Å². The second kappa shape index (κ2) is 10.9. The minimum atomic E-state index is -2.09. The molecule has 2 aromatic carbocycles. The average Bonchev–Trinajstić information content (AvgIpc) is 2.66. The summed E-state index contributed by atoms with van der Waals surface area (Å²) in [6, 6.07) is 18.6. The van der Waals surface area contributed by atoms with Crippen molar-refractivity contribution in [2.75, 3.05) is 0 Å². The SMILES string of the molecule is C[Si](C)(C)N[C@@H](Cc1ccccc1)C(=O)N[C@@H](Cc1ccccc1)C(=O)O[Si](C)(C)C. The summed E-state index contributed by atoms with van der Waals surface area (Å²) in [6.45, 7) is 12.4. The van der Waals surface area contributed by atoms with Crippen LogP contribution in [-0.4, -0.2) is 40.5 Å². The molecule has 2 N–H and O–H groups in total. The molecule has 31 heavy (non-hydrogen) atoms. The Bertz CT molecular complexity index is 847. The van der Waals surface area contributed by atoms with Crippen LogP contribution in [0.4, 0.5) is 0 Å². The quantitative estimate of drug-likeness (QED) is 0.528. The van der Waals surface area contributed by atoms with Crippen LogP contribution < -0.4 is 10.3 Å². The summed E-state index contributed by atoms with van der Waals surface area (Å²) in [6.07, 6.45) is 0.971. The van der Waals surface area contributed by atoms with Crippen molar-refractivity contribution in [1.82, 2.24) is 10.3 Å². The molecule has 0 unspecified atom stereocenters. The van der Waals surface area contributed by atoms with E-state index in [1.54, 1.807) is 0 Å². The van der Waals surface area contributed by atoms with Crippen LogP contribution in [0.1, 0.15) is 11.1 Å². The van der Waals surface area contributed by atoms with Gasteiger partial charge in [-0.25, -0.2) is 0 Å². The molecule has 0 aliphatic carbocycles. The smallest absolute Gasteiger partial charge is 0.315 e. The van der Waals surface area contributed by atoms with Gasteiger partial charge in [-0.3, -0.25) is 9.59 Å². The highest BCUT2D eigenvalue weighted by Gasteiger charge is 2.32. The van der Waals surface area contributed by atoms with E-state index in [2.05, 4.69) is 29.9 Å². The summed E-state index contributed by atoms with van der Waals surface area (Å²) < 4.78 is 5.75. The van der Waals surface area contributed by atoms with Crippen LogP contribution in [0.15, 0.2) is 60.7 Å². The van der Waals surface area contributed by atoms with E-state index in [9.17, 15) is 9.59 Å². The molecule has 0 bridgehead atoms. The third kappa shape index (κ3) is 9.63. The van der Waals surface area contributed by atoms with Crippen LogP contribution in [0.25, 0.3) is 0 Å². The Kier molecular flexibility index (Phi) is 8.79. The second-order valence-corrected chi connectivity index (χ2v) is 19.1. The summed E-state index contributed by atoms with van der Waals surface area (Å²) in [7, 11) is -3.83. The van der Waals surface area contributed by atoms with Gasteiger partial charge in [-0.1, -0.05) is 80.3 Å². The number of benzene rings is 2. The molecule has 168 valence electrons. The Labute approximate surface area is 188 Å². The standard InChI is InChI=1S/C24H36N2O3Si2/c1-30(2,3)26-21(17-19-13-9-7-10-14-19)23(27)25-22(24(28)29-31(4,5)6)18-20-15-11-8-12-16-20/h7-16,21-22,26H,17-18H2,1-6H3,(H,25,27)/t21-,22-/m0/s1. The van der Waals surface area contributed by atoms with Gasteiger partial charge in [0.2, 0.25) is 14.2 Å². The van der Waals surface area contributed by atoms with E-state index < -0.39 is 28.6 Å². The van der Waals surface area contributed by atoms with E-state index in [4.69, 9.17) is 4.43 Å². The molecule has 2 atom stereocenters. The van der Waals surface area contributed by atoms with Gasteiger partial charge in [0, 0.05) is 6.42 Å². The van der Waals surface area contributed by atoms with Gasteiger partial charge in [0.1, 0.15) is 14.3 Å². The zero-order valence-corrected chi connectivity index (χ0v) is 21.6. The first-order valence-corrected chi connectivity index (χ1v) is 17.7. The third-order valence-electron chi connectivity index (χ3n) is 4.50. The Morgan fingerprint density at radius 1 is 0.774 bits per heavy atom. The van der Waals surface area contributed by atoms with Gasteiger partial charge < -0.3 is 14.7 Å². The zero-order chi connectivity index (χ0) is 23.1. The molecule has 0 saturated heterocycles. The zero-order valence-electron chi connectivity index (χ0n) is 19.6. The van der Waals surface area contributed by atoms with Gasteiger partial charge in [0.05, 0.1) is 6.04 Å². The normalized spacial score (nSPS) is 13.9. The molecule has 0 aliphatic rings. The minimum absolute atomic E-state index is 0.167. The van der Waals surface area contributed by atoms with Gasteiger partial charge in [-0.05, 0) is 37.2 Å². The summed E-state index contributed by atoms with van der Waals surface area (Å²) in [5, 5.41) is 3.00. The molecule has 0 fully saturated rings. The molecule has 0 aromatic heterocycles. The first kappa shape index (κ1) is 25.0. The predicted octanol–water partition coefficient (Wildman–Crippen LogP) is 4.13. The third-order valence-corrected chi connectivity index (χ3v) is 6.52. The van der Waals surface area contributed by atoms with E-state index in [1.807, 2.05) is 80.3 Å². The number of nitrogens with one attached hydrogen (secondary N) is 2. The summed E-state index contributed by atoms with van der Waals surface area (Å²) >= 11 is 0. The Morgan fingerprint density at radius 2 is 1.23 bits per heavy atom. The largest absolute Gasteiger partial charge is 0.518 e. The van der Waals surface area contributed by atoms with Crippen LogP contribution in [-0.2, 0) is 26.9 Å². The van der Waals surface area contributed by atoms with Crippen molar-refractivity contribution in [3.05, 3.63) is 71.8 Å². The maximum atomic E-state index is 13.3. The summed E-state index contributed by atoms with van der Waals surface area (Å²) in [5.74, 6) is -0.525. The Morgan fingerprint density at radius 3 is 1.65 bits per heavy atom. The van der Waals surface area contributed by atoms with E-state index >= 15 is 0 Å². The molecule has 0 spiro atoms. The fraction of sp³-hybridized carbons (Fsp3) is 0.417. The van der Waals surface area contributed by atoms with Crippen LogP contribution in [0, 0.1) is 0 Å². The van der Waals surface area contributed by atoms with Gasteiger partial charge >= 0.3 is 5.97 Å². The van der Waals surface area contributed by atoms with E-state index in [-0.39, 0.29) is 11.9 Å². The maximum Gasteiger partial charge on any atom is 0.315 e. The number of hydrogen-bond acceptors (Lipinski definition) is 4. The highest BCUT2D eigenvalue weighted by atomic mass is 28.4. The van der Waals surface area contributed by atoms with Gasteiger partial charge in [0.15, 0.2) is 0 Å². The fourth-order valence-electron chi connectivity index (χ4n) is 3.27. The summed E-state index contributed by atoms with van der Waals surface area (Å²) in [4.78, 5) is 29.8. The predicted molar refractivity (Wildman–Crippen MR) is 132 cm³/mol. The molecule has 0 saturated carbocycles. The van der Waals surface area contributed by atoms with Gasteiger partial charge in [-0.2, -0.15) is 0 Å². The molecular weight excluding hydrogens is 420 g/mol. The highest BCUT2D eigenvalue weighted by Crippen LogP contribution is 2.12. The highest BCUT2D eigenvalue weighted by molar-refractivity contribution is 6.73. The Hall–Kier alpha value is -2.23. The molecule has 2 aromatic rings. The molecular formula is C24H36N2O3Si2. The van der Waals surface area contributed by atoms with Crippen LogP contribution in [0.2, 0.25) is 39.3 Å². The second-order valence-electron chi connectivity index (χ2n) is 9.92. The lowest BCUT2D eigenvalue weighted by Gasteiger charge is -2.29. The van der Waals surface area contributed by atoms with Crippen LogP contribution in [0.5, 0.6) is 0 Å². The Balaban J connectivity index is 2.22. The lowest BCUT2D eigenvalue weighted by molar-refractivity contribution is -0.140.